The van der Waals surface area contributed by atoms with E-state index in [-0.39, 0.29) is 11.5 Å². The molecule has 2 aromatic carbocycles. The summed E-state index contributed by atoms with van der Waals surface area (Å²) in [6.07, 6.45) is 2.49. The largest absolute Gasteiger partial charge is 0.497 e. The summed E-state index contributed by atoms with van der Waals surface area (Å²) < 4.78 is 10.7. The topological polar surface area (TPSA) is 75.9 Å². The second kappa shape index (κ2) is 9.88. The third-order valence-corrected chi connectivity index (χ3v) is 6.92. The van der Waals surface area contributed by atoms with Crippen LogP contribution in [0.4, 0.5) is 0 Å². The van der Waals surface area contributed by atoms with Gasteiger partial charge in [-0.05, 0) is 42.7 Å². The van der Waals surface area contributed by atoms with E-state index in [0.29, 0.717) is 42.8 Å². The number of carbonyl (C=O) groups excluding carboxylic acids is 1. The van der Waals surface area contributed by atoms with Crippen LogP contribution in [0.2, 0.25) is 0 Å². The molecule has 0 aliphatic carbocycles. The zero-order valence-corrected chi connectivity index (χ0v) is 20.1. The fourth-order valence-electron chi connectivity index (χ4n) is 4.87. The Labute approximate surface area is 203 Å². The summed E-state index contributed by atoms with van der Waals surface area (Å²) in [6, 6.07) is 15.8. The first-order valence-corrected chi connectivity index (χ1v) is 12.0. The summed E-state index contributed by atoms with van der Waals surface area (Å²) in [7, 11) is 1.58. The first kappa shape index (κ1) is 23.1. The van der Waals surface area contributed by atoms with Gasteiger partial charge < -0.3 is 14.1 Å². The Hall–Kier alpha value is -3.71. The zero-order chi connectivity index (χ0) is 24.4. The van der Waals surface area contributed by atoms with E-state index >= 15 is 0 Å². The molecule has 7 nitrogen and oxygen atoms in total. The van der Waals surface area contributed by atoms with Crippen LogP contribution in [0.5, 0.6) is 5.75 Å². The van der Waals surface area contributed by atoms with Crippen LogP contribution in [0.3, 0.4) is 0 Å². The summed E-state index contributed by atoms with van der Waals surface area (Å²) in [6.45, 7) is 5.72. The number of piperazine rings is 1. The van der Waals surface area contributed by atoms with Gasteiger partial charge in [0.1, 0.15) is 11.3 Å². The molecule has 0 radical (unpaired) electrons. The Kier molecular flexibility index (Phi) is 6.51. The molecular weight excluding hydrogens is 442 g/mol. The van der Waals surface area contributed by atoms with Gasteiger partial charge in [0.05, 0.1) is 12.6 Å². The molecular formula is C28H29N3O4. The fourth-order valence-corrected chi connectivity index (χ4v) is 4.87. The Bertz CT molecular complexity index is 1430. The molecule has 35 heavy (non-hydrogen) atoms. The number of hydrogen-bond donors (Lipinski definition) is 0. The molecule has 1 saturated heterocycles. The quantitative estimate of drug-likeness (QED) is 0.397. The minimum absolute atomic E-state index is 0.0742. The number of carbonyl (C=O) groups is 1. The fraction of sp³-hybridized carbons (Fsp3) is 0.321. The van der Waals surface area contributed by atoms with Crippen molar-refractivity contribution in [1.29, 1.82) is 0 Å². The van der Waals surface area contributed by atoms with Gasteiger partial charge in [-0.15, -0.1) is 0 Å². The Morgan fingerprint density at radius 3 is 2.69 bits per heavy atom. The summed E-state index contributed by atoms with van der Waals surface area (Å²) in [5.74, 6) is 0.712. The van der Waals surface area contributed by atoms with E-state index in [1.807, 2.05) is 36.2 Å². The lowest BCUT2D eigenvalue weighted by Crippen LogP contribution is -2.48. The van der Waals surface area contributed by atoms with Crippen molar-refractivity contribution < 1.29 is 13.9 Å². The number of amides is 1. The number of benzene rings is 2. The average molecular weight is 472 g/mol. The standard InChI is InChI=1S/C28H29N3O4/c1-19-23-9-8-22(34-2)17-25(23)35-28(33)24(19)10-11-26(32)31-15-13-30(14-16-31)18-21-6-3-5-20-7-4-12-29-27(20)21/h3-9,12,17H,10-11,13-16,18H2,1-2H3. The van der Waals surface area contributed by atoms with Crippen molar-refractivity contribution in [1.82, 2.24) is 14.8 Å². The van der Waals surface area contributed by atoms with Crippen LogP contribution in [0.1, 0.15) is 23.1 Å². The third kappa shape index (κ3) is 4.77. The normalized spacial score (nSPS) is 14.5. The molecule has 0 spiro atoms. The predicted molar refractivity (Wildman–Crippen MR) is 136 cm³/mol. The molecule has 0 atom stereocenters. The minimum atomic E-state index is -0.385. The lowest BCUT2D eigenvalue weighted by Gasteiger charge is -2.35. The van der Waals surface area contributed by atoms with E-state index in [1.165, 1.54) is 5.56 Å². The van der Waals surface area contributed by atoms with Crippen LogP contribution in [0, 0.1) is 6.92 Å². The SMILES string of the molecule is COc1ccc2c(C)c(CCC(=O)N3CCN(Cc4cccc5cccnc45)CC3)c(=O)oc2c1. The number of pyridine rings is 1. The molecule has 0 bridgehead atoms. The van der Waals surface area contributed by atoms with Gasteiger partial charge in [0.2, 0.25) is 5.91 Å². The molecule has 0 saturated carbocycles. The second-order valence-electron chi connectivity index (χ2n) is 9.00. The van der Waals surface area contributed by atoms with Gasteiger partial charge in [-0.1, -0.05) is 24.3 Å². The zero-order valence-electron chi connectivity index (χ0n) is 20.1. The van der Waals surface area contributed by atoms with Crippen molar-refractivity contribution in [3.63, 3.8) is 0 Å². The summed E-state index contributed by atoms with van der Waals surface area (Å²) in [4.78, 5) is 34.4. The van der Waals surface area contributed by atoms with Gasteiger partial charge in [-0.3, -0.25) is 14.7 Å². The van der Waals surface area contributed by atoms with Crippen molar-refractivity contribution >= 4 is 27.8 Å². The van der Waals surface area contributed by atoms with Crippen LogP contribution in [-0.4, -0.2) is 54.0 Å². The second-order valence-corrected chi connectivity index (χ2v) is 9.00. The highest BCUT2D eigenvalue weighted by Gasteiger charge is 2.22. The molecule has 3 heterocycles. The molecule has 5 rings (SSSR count). The van der Waals surface area contributed by atoms with Crippen LogP contribution in [-0.2, 0) is 17.8 Å². The van der Waals surface area contributed by atoms with Crippen LogP contribution >= 0.6 is 0 Å². The number of fused-ring (bicyclic) bond motifs is 2. The highest BCUT2D eigenvalue weighted by Crippen LogP contribution is 2.25. The molecule has 4 aromatic rings. The predicted octanol–water partition coefficient (Wildman–Crippen LogP) is 3.94. The van der Waals surface area contributed by atoms with Crippen molar-refractivity contribution in [2.45, 2.75) is 26.3 Å². The number of para-hydroxylation sites is 1. The number of methoxy groups -OCH3 is 1. The summed E-state index contributed by atoms with van der Waals surface area (Å²) >= 11 is 0. The van der Waals surface area contributed by atoms with E-state index < -0.39 is 0 Å². The van der Waals surface area contributed by atoms with Crippen LogP contribution < -0.4 is 10.4 Å². The first-order chi connectivity index (χ1) is 17.0. The van der Waals surface area contributed by atoms with Gasteiger partial charge in [0.25, 0.3) is 0 Å². The number of hydrogen-bond acceptors (Lipinski definition) is 6. The van der Waals surface area contributed by atoms with E-state index in [1.54, 1.807) is 13.2 Å². The molecule has 0 N–H and O–H groups in total. The maximum Gasteiger partial charge on any atom is 0.339 e. The van der Waals surface area contributed by atoms with Crippen molar-refractivity contribution in [2.75, 3.05) is 33.3 Å². The highest BCUT2D eigenvalue weighted by atomic mass is 16.5. The van der Waals surface area contributed by atoms with Crippen molar-refractivity contribution in [3.05, 3.63) is 81.8 Å². The van der Waals surface area contributed by atoms with Gasteiger partial charge in [-0.25, -0.2) is 4.79 Å². The molecule has 1 amide bonds. The van der Waals surface area contributed by atoms with Crippen molar-refractivity contribution in [2.24, 2.45) is 0 Å². The van der Waals surface area contributed by atoms with Crippen molar-refractivity contribution in [3.8, 4) is 5.75 Å². The van der Waals surface area contributed by atoms with E-state index in [0.717, 1.165) is 41.5 Å². The smallest absolute Gasteiger partial charge is 0.339 e. The Morgan fingerprint density at radius 2 is 1.89 bits per heavy atom. The third-order valence-electron chi connectivity index (χ3n) is 6.92. The summed E-state index contributed by atoms with van der Waals surface area (Å²) in [5, 5.41) is 2.01. The van der Waals surface area contributed by atoms with Gasteiger partial charge in [0, 0.05) is 67.7 Å². The molecule has 0 unspecified atom stereocenters. The lowest BCUT2D eigenvalue weighted by molar-refractivity contribution is -0.133. The molecule has 7 heteroatoms. The van der Waals surface area contributed by atoms with Crippen LogP contribution in [0.25, 0.3) is 21.9 Å². The number of nitrogens with zero attached hydrogens (tertiary/aromatic N) is 3. The van der Waals surface area contributed by atoms with Crippen LogP contribution in [0.15, 0.2) is 63.9 Å². The average Bonchev–Trinajstić information content (AvgIpc) is 2.88. The number of rotatable bonds is 6. The molecule has 2 aromatic heterocycles. The van der Waals surface area contributed by atoms with Gasteiger partial charge >= 0.3 is 5.63 Å². The van der Waals surface area contributed by atoms with Gasteiger partial charge in [0.15, 0.2) is 0 Å². The summed E-state index contributed by atoms with van der Waals surface area (Å²) in [5.41, 5.74) is 3.79. The number of ether oxygens (including phenoxy) is 1. The van der Waals surface area contributed by atoms with E-state index in [2.05, 4.69) is 34.1 Å². The Morgan fingerprint density at radius 1 is 1.09 bits per heavy atom. The van der Waals surface area contributed by atoms with Gasteiger partial charge in [-0.2, -0.15) is 0 Å². The monoisotopic (exact) mass is 471 g/mol. The molecule has 1 fully saturated rings. The first-order valence-electron chi connectivity index (χ1n) is 12.0. The Balaban J connectivity index is 1.20. The maximum atomic E-state index is 12.9. The molecule has 1 aliphatic heterocycles. The minimum Gasteiger partial charge on any atom is -0.497 e. The van der Waals surface area contributed by atoms with E-state index in [9.17, 15) is 9.59 Å². The lowest BCUT2D eigenvalue weighted by atomic mass is 10.0. The molecule has 180 valence electrons. The number of aryl methyl sites for hydroxylation is 1. The van der Waals surface area contributed by atoms with E-state index in [4.69, 9.17) is 9.15 Å². The number of aromatic nitrogens is 1. The highest BCUT2D eigenvalue weighted by molar-refractivity contribution is 5.83. The molecule has 1 aliphatic rings. The maximum absolute atomic E-state index is 12.9.